The number of carbonyl (C=O) groups excluding carboxylic acids is 1. The summed E-state index contributed by atoms with van der Waals surface area (Å²) in [6.45, 7) is 5.95. The van der Waals surface area contributed by atoms with E-state index < -0.39 is 9.84 Å². The number of aromatic nitrogens is 2. The summed E-state index contributed by atoms with van der Waals surface area (Å²) in [5.41, 5.74) is 3.37. The summed E-state index contributed by atoms with van der Waals surface area (Å²) in [4.78, 5) is 28.7. The number of aromatic amines is 1. The van der Waals surface area contributed by atoms with Gasteiger partial charge in [-0.25, -0.2) is 8.42 Å². The molecule has 2 heterocycles. The standard InChI is InChI=1S/C28H32N4O4S/c1-5-23(18-11-9-8-10-12-18)30-24-14-13-19(37(35,36)7-3)15-20(24)22-17-32(4)28(34)26-21(22)16-25(31-26)27(33)29-6-2/h8-17,23,30-31H,5-7H2,1-4H3,(H,29,33)/t23-/m1/s1. The van der Waals surface area contributed by atoms with Crippen LogP contribution in [0.2, 0.25) is 0 Å². The maximum Gasteiger partial charge on any atom is 0.274 e. The molecule has 0 saturated carbocycles. The zero-order valence-corrected chi connectivity index (χ0v) is 22.3. The number of anilines is 1. The summed E-state index contributed by atoms with van der Waals surface area (Å²) in [7, 11) is -1.85. The van der Waals surface area contributed by atoms with Crippen molar-refractivity contribution in [2.75, 3.05) is 17.6 Å². The van der Waals surface area contributed by atoms with E-state index >= 15 is 0 Å². The van der Waals surface area contributed by atoms with Crippen LogP contribution in [-0.2, 0) is 16.9 Å². The van der Waals surface area contributed by atoms with Crippen LogP contribution in [0.25, 0.3) is 22.0 Å². The van der Waals surface area contributed by atoms with Crippen molar-refractivity contribution in [3.63, 3.8) is 0 Å². The monoisotopic (exact) mass is 520 g/mol. The molecule has 0 fully saturated rings. The number of H-pyrrole nitrogens is 1. The Morgan fingerprint density at radius 1 is 1.03 bits per heavy atom. The first kappa shape index (κ1) is 26.2. The molecule has 0 unspecified atom stereocenters. The van der Waals surface area contributed by atoms with Gasteiger partial charge in [0, 0.05) is 42.0 Å². The number of aryl methyl sites for hydroxylation is 1. The van der Waals surface area contributed by atoms with Gasteiger partial charge in [0.1, 0.15) is 11.2 Å². The molecule has 0 saturated heterocycles. The van der Waals surface area contributed by atoms with Gasteiger partial charge in [-0.05, 0) is 43.2 Å². The SMILES string of the molecule is CCNC(=O)c1cc2c(-c3cc(S(=O)(=O)CC)ccc3N[C@H](CC)c3ccccc3)cn(C)c(=O)c2[nH]1. The van der Waals surface area contributed by atoms with Crippen molar-refractivity contribution in [1.29, 1.82) is 0 Å². The predicted molar refractivity (Wildman–Crippen MR) is 148 cm³/mol. The van der Waals surface area contributed by atoms with Gasteiger partial charge in [0.25, 0.3) is 11.5 Å². The molecule has 3 N–H and O–H groups in total. The van der Waals surface area contributed by atoms with Gasteiger partial charge in [-0.15, -0.1) is 0 Å². The summed E-state index contributed by atoms with van der Waals surface area (Å²) >= 11 is 0. The van der Waals surface area contributed by atoms with Gasteiger partial charge in [0.05, 0.1) is 16.7 Å². The third-order valence-corrected chi connectivity index (χ3v) is 8.24. The molecule has 0 spiro atoms. The van der Waals surface area contributed by atoms with Gasteiger partial charge < -0.3 is 20.2 Å². The number of amides is 1. The van der Waals surface area contributed by atoms with Crippen LogP contribution in [0.5, 0.6) is 0 Å². The van der Waals surface area contributed by atoms with Crippen LogP contribution in [-0.4, -0.2) is 36.2 Å². The van der Waals surface area contributed by atoms with Crippen LogP contribution in [0.15, 0.2) is 70.5 Å². The van der Waals surface area contributed by atoms with Gasteiger partial charge in [-0.1, -0.05) is 44.2 Å². The number of nitrogens with zero attached hydrogens (tertiary/aromatic N) is 1. The Morgan fingerprint density at radius 3 is 2.41 bits per heavy atom. The minimum atomic E-state index is -3.49. The number of pyridine rings is 1. The predicted octanol–water partition coefficient (Wildman–Crippen LogP) is 4.64. The van der Waals surface area contributed by atoms with Crippen molar-refractivity contribution < 1.29 is 13.2 Å². The van der Waals surface area contributed by atoms with Gasteiger partial charge >= 0.3 is 0 Å². The van der Waals surface area contributed by atoms with Crippen LogP contribution < -0.4 is 16.2 Å². The first-order valence-electron chi connectivity index (χ1n) is 12.4. The molecule has 2 aromatic carbocycles. The molecule has 0 radical (unpaired) electrons. The molecule has 2 aromatic heterocycles. The molecular formula is C28H32N4O4S. The lowest BCUT2D eigenvalue weighted by Gasteiger charge is -2.22. The second-order valence-corrected chi connectivity index (χ2v) is 11.2. The van der Waals surface area contributed by atoms with Crippen molar-refractivity contribution in [2.45, 2.75) is 38.1 Å². The van der Waals surface area contributed by atoms with Gasteiger partial charge in [-0.2, -0.15) is 0 Å². The molecular weight excluding hydrogens is 488 g/mol. The molecule has 0 aliphatic heterocycles. The van der Waals surface area contributed by atoms with E-state index in [0.29, 0.717) is 23.1 Å². The third kappa shape index (κ3) is 5.17. The van der Waals surface area contributed by atoms with Crippen LogP contribution in [0.4, 0.5) is 5.69 Å². The normalized spacial score (nSPS) is 12.4. The van der Waals surface area contributed by atoms with Crippen molar-refractivity contribution in [1.82, 2.24) is 14.9 Å². The van der Waals surface area contributed by atoms with Gasteiger partial charge in [0.2, 0.25) is 0 Å². The third-order valence-electron chi connectivity index (χ3n) is 6.51. The first-order valence-corrected chi connectivity index (χ1v) is 14.0. The second kappa shape index (κ2) is 10.6. The minimum absolute atomic E-state index is 0.0197. The molecule has 1 atom stereocenters. The fraction of sp³-hybridized carbons (Fsp3) is 0.286. The first-order chi connectivity index (χ1) is 17.7. The average molecular weight is 521 g/mol. The molecule has 194 valence electrons. The number of hydrogen-bond acceptors (Lipinski definition) is 5. The largest absolute Gasteiger partial charge is 0.378 e. The number of carbonyl (C=O) groups is 1. The molecule has 9 heteroatoms. The highest BCUT2D eigenvalue weighted by atomic mass is 32.2. The zero-order valence-electron chi connectivity index (χ0n) is 21.5. The van der Waals surface area contributed by atoms with E-state index in [0.717, 1.165) is 17.7 Å². The average Bonchev–Trinajstić information content (AvgIpc) is 3.36. The summed E-state index contributed by atoms with van der Waals surface area (Å²) in [5, 5.41) is 6.88. The molecule has 37 heavy (non-hydrogen) atoms. The fourth-order valence-corrected chi connectivity index (χ4v) is 5.36. The van der Waals surface area contributed by atoms with E-state index in [4.69, 9.17) is 0 Å². The summed E-state index contributed by atoms with van der Waals surface area (Å²) in [6.07, 6.45) is 2.49. The van der Waals surface area contributed by atoms with E-state index in [1.807, 2.05) is 37.3 Å². The molecule has 8 nitrogen and oxygen atoms in total. The molecule has 1 amide bonds. The fourth-order valence-electron chi connectivity index (χ4n) is 4.45. The zero-order chi connectivity index (χ0) is 26.7. The Morgan fingerprint density at radius 2 is 1.76 bits per heavy atom. The van der Waals surface area contributed by atoms with E-state index in [9.17, 15) is 18.0 Å². The van der Waals surface area contributed by atoms with Crippen molar-refractivity contribution >= 4 is 32.3 Å². The highest BCUT2D eigenvalue weighted by molar-refractivity contribution is 7.91. The number of benzene rings is 2. The van der Waals surface area contributed by atoms with Gasteiger partial charge in [-0.3, -0.25) is 9.59 Å². The van der Waals surface area contributed by atoms with E-state index in [1.54, 1.807) is 44.4 Å². The number of rotatable bonds is 9. The molecule has 4 rings (SSSR count). The molecule has 0 aliphatic rings. The lowest BCUT2D eigenvalue weighted by molar-refractivity contribution is 0.0951. The van der Waals surface area contributed by atoms with Crippen LogP contribution in [0.1, 0.15) is 49.3 Å². The lowest BCUT2D eigenvalue weighted by Crippen LogP contribution is -2.23. The second-order valence-electron chi connectivity index (χ2n) is 8.92. The topological polar surface area (TPSA) is 113 Å². The maximum absolute atomic E-state index is 13.0. The van der Waals surface area contributed by atoms with Crippen molar-refractivity contribution in [3.05, 3.63) is 82.4 Å². The summed E-state index contributed by atoms with van der Waals surface area (Å²) in [6, 6.07) is 16.7. The van der Waals surface area contributed by atoms with E-state index in [2.05, 4.69) is 22.5 Å². The number of sulfone groups is 1. The van der Waals surface area contributed by atoms with E-state index in [-0.39, 0.29) is 39.4 Å². The van der Waals surface area contributed by atoms with Crippen molar-refractivity contribution in [3.8, 4) is 11.1 Å². The van der Waals surface area contributed by atoms with Crippen LogP contribution in [0, 0.1) is 0 Å². The molecule has 0 bridgehead atoms. The Hall–Kier alpha value is -3.85. The van der Waals surface area contributed by atoms with Crippen LogP contribution >= 0.6 is 0 Å². The minimum Gasteiger partial charge on any atom is -0.378 e. The number of fused-ring (bicyclic) bond motifs is 1. The van der Waals surface area contributed by atoms with E-state index in [1.165, 1.54) is 4.57 Å². The number of nitrogens with one attached hydrogen (secondary N) is 3. The summed E-state index contributed by atoms with van der Waals surface area (Å²) in [5.74, 6) is -0.350. The Labute approximate surface area is 216 Å². The smallest absolute Gasteiger partial charge is 0.274 e. The lowest BCUT2D eigenvalue weighted by atomic mass is 9.99. The van der Waals surface area contributed by atoms with Crippen molar-refractivity contribution in [2.24, 2.45) is 7.05 Å². The summed E-state index contributed by atoms with van der Waals surface area (Å²) < 4.78 is 27.1. The highest BCUT2D eigenvalue weighted by Crippen LogP contribution is 2.37. The quantitative estimate of drug-likeness (QED) is 0.298. The Bertz CT molecular complexity index is 1600. The van der Waals surface area contributed by atoms with Gasteiger partial charge in [0.15, 0.2) is 9.84 Å². The Kier molecular flexibility index (Phi) is 7.54. The molecule has 4 aromatic rings. The van der Waals surface area contributed by atoms with Crippen LogP contribution in [0.3, 0.4) is 0 Å². The number of hydrogen-bond donors (Lipinski definition) is 3. The Balaban J connectivity index is 1.97. The highest BCUT2D eigenvalue weighted by Gasteiger charge is 2.21. The molecule has 0 aliphatic carbocycles. The maximum atomic E-state index is 13.0.